The van der Waals surface area contributed by atoms with Crippen molar-refractivity contribution in [2.24, 2.45) is 17.3 Å². The largest absolute Gasteiger partial charge is 0.390 e. The number of aliphatic hydroxyl groups is 1. The number of fused-ring (bicyclic) bond motifs is 1. The van der Waals surface area contributed by atoms with E-state index < -0.39 is 0 Å². The summed E-state index contributed by atoms with van der Waals surface area (Å²) < 4.78 is 0. The molecule has 1 aliphatic heterocycles. The highest BCUT2D eigenvalue weighted by molar-refractivity contribution is 4.99. The lowest BCUT2D eigenvalue weighted by molar-refractivity contribution is -0.0976. The zero-order valence-corrected chi connectivity index (χ0v) is 14.2. The molecule has 0 aromatic carbocycles. The van der Waals surface area contributed by atoms with Crippen LogP contribution in [0.2, 0.25) is 0 Å². The Morgan fingerprint density at radius 2 is 1.95 bits per heavy atom. The maximum absolute atomic E-state index is 10.8. The lowest BCUT2D eigenvalue weighted by atomic mass is 9.71. The second-order valence-electron chi connectivity index (χ2n) is 8.61. The van der Waals surface area contributed by atoms with E-state index >= 15 is 0 Å². The summed E-state index contributed by atoms with van der Waals surface area (Å²) in [7, 11) is 2.13. The normalized spacial score (nSPS) is 43.7. The van der Waals surface area contributed by atoms with Gasteiger partial charge in [0.25, 0.3) is 0 Å². The summed E-state index contributed by atoms with van der Waals surface area (Å²) >= 11 is 0. The lowest BCUT2D eigenvalue weighted by Crippen LogP contribution is -2.55. The van der Waals surface area contributed by atoms with Crippen LogP contribution in [0.5, 0.6) is 0 Å². The Labute approximate surface area is 130 Å². The van der Waals surface area contributed by atoms with Gasteiger partial charge in [-0.1, -0.05) is 26.7 Å². The van der Waals surface area contributed by atoms with Crippen LogP contribution in [0.25, 0.3) is 0 Å². The molecule has 2 aliphatic carbocycles. The Bertz CT molecular complexity index is 370. The highest BCUT2D eigenvalue weighted by Gasteiger charge is 2.45. The monoisotopic (exact) mass is 294 g/mol. The van der Waals surface area contributed by atoms with Crippen molar-refractivity contribution >= 4 is 0 Å². The number of rotatable bonds is 3. The predicted molar refractivity (Wildman–Crippen MR) is 87.3 cm³/mol. The van der Waals surface area contributed by atoms with E-state index in [9.17, 15) is 5.11 Å². The molecule has 2 N–H and O–H groups in total. The van der Waals surface area contributed by atoms with Crippen molar-refractivity contribution in [2.75, 3.05) is 26.7 Å². The zero-order valence-electron chi connectivity index (χ0n) is 14.2. The molecule has 122 valence electrons. The van der Waals surface area contributed by atoms with E-state index in [0.29, 0.717) is 17.4 Å². The van der Waals surface area contributed by atoms with Crippen LogP contribution in [0.3, 0.4) is 0 Å². The fourth-order valence-corrected chi connectivity index (χ4v) is 5.48. The molecule has 4 unspecified atom stereocenters. The summed E-state index contributed by atoms with van der Waals surface area (Å²) in [6, 6.07) is 0.643. The maximum atomic E-state index is 10.8. The first-order valence-corrected chi connectivity index (χ1v) is 9.07. The maximum Gasteiger partial charge on any atom is 0.0700 e. The van der Waals surface area contributed by atoms with Gasteiger partial charge in [0.1, 0.15) is 0 Å². The van der Waals surface area contributed by atoms with Crippen LogP contribution >= 0.6 is 0 Å². The van der Waals surface area contributed by atoms with Crippen molar-refractivity contribution in [1.82, 2.24) is 10.2 Å². The molecule has 0 aromatic rings. The van der Waals surface area contributed by atoms with Gasteiger partial charge in [0.15, 0.2) is 0 Å². The van der Waals surface area contributed by atoms with Gasteiger partial charge in [0.2, 0.25) is 0 Å². The highest BCUT2D eigenvalue weighted by Crippen LogP contribution is 2.43. The molecule has 4 atom stereocenters. The standard InChI is InChI=1S/C18H34N2O/c1-17(2)9-7-14(16(17)19-3)12-20-11-10-18(21)8-5-4-6-15(18)13-20/h14-16,19,21H,4-13H2,1-3H3. The quantitative estimate of drug-likeness (QED) is 0.840. The van der Waals surface area contributed by atoms with Crippen LogP contribution < -0.4 is 5.32 Å². The third-order valence-electron chi connectivity index (χ3n) is 6.79. The van der Waals surface area contributed by atoms with Gasteiger partial charge in [0, 0.05) is 31.6 Å². The summed E-state index contributed by atoms with van der Waals surface area (Å²) in [6.07, 6.45) is 8.51. The summed E-state index contributed by atoms with van der Waals surface area (Å²) in [4.78, 5) is 2.65. The number of nitrogens with one attached hydrogen (secondary N) is 1. The minimum atomic E-state index is -0.327. The molecule has 0 spiro atoms. The summed E-state index contributed by atoms with van der Waals surface area (Å²) in [6.45, 7) is 8.26. The molecule has 3 heteroatoms. The van der Waals surface area contributed by atoms with Gasteiger partial charge in [-0.05, 0) is 50.5 Å². The first-order chi connectivity index (χ1) is 9.94. The molecule has 1 saturated heterocycles. The van der Waals surface area contributed by atoms with Crippen molar-refractivity contribution in [3.63, 3.8) is 0 Å². The van der Waals surface area contributed by atoms with E-state index in [-0.39, 0.29) is 5.60 Å². The van der Waals surface area contributed by atoms with E-state index in [1.165, 1.54) is 38.6 Å². The van der Waals surface area contributed by atoms with Crippen LogP contribution in [0.15, 0.2) is 0 Å². The second-order valence-corrected chi connectivity index (χ2v) is 8.61. The molecule has 0 amide bonds. The third kappa shape index (κ3) is 3.02. The molecule has 0 radical (unpaired) electrons. The molecule has 21 heavy (non-hydrogen) atoms. The average molecular weight is 294 g/mol. The summed E-state index contributed by atoms with van der Waals surface area (Å²) in [5.41, 5.74) is 0.104. The molecule has 0 bridgehead atoms. The summed E-state index contributed by atoms with van der Waals surface area (Å²) in [5.74, 6) is 1.31. The van der Waals surface area contributed by atoms with Crippen LogP contribution in [0, 0.1) is 17.3 Å². The number of piperidine rings is 1. The van der Waals surface area contributed by atoms with Gasteiger partial charge < -0.3 is 15.3 Å². The van der Waals surface area contributed by atoms with E-state index in [4.69, 9.17) is 0 Å². The van der Waals surface area contributed by atoms with Gasteiger partial charge >= 0.3 is 0 Å². The Hall–Kier alpha value is -0.120. The van der Waals surface area contributed by atoms with Crippen molar-refractivity contribution in [3.05, 3.63) is 0 Å². The molecule has 3 aliphatic rings. The number of hydrogen-bond donors (Lipinski definition) is 2. The molecular formula is C18H34N2O. The lowest BCUT2D eigenvalue weighted by Gasteiger charge is -2.48. The molecule has 3 nitrogen and oxygen atoms in total. The smallest absolute Gasteiger partial charge is 0.0700 e. The number of hydrogen-bond acceptors (Lipinski definition) is 3. The van der Waals surface area contributed by atoms with Crippen LogP contribution in [0.1, 0.15) is 58.8 Å². The Balaban J connectivity index is 1.59. The topological polar surface area (TPSA) is 35.5 Å². The fourth-order valence-electron chi connectivity index (χ4n) is 5.48. The SMILES string of the molecule is CNC1C(CN2CCC3(O)CCCCC3C2)CCC1(C)C. The first kappa shape index (κ1) is 15.8. The number of likely N-dealkylation sites (tertiary alicyclic amines) is 1. The van der Waals surface area contributed by atoms with Crippen LogP contribution in [-0.2, 0) is 0 Å². The Morgan fingerprint density at radius 1 is 1.14 bits per heavy atom. The van der Waals surface area contributed by atoms with Crippen LogP contribution in [0.4, 0.5) is 0 Å². The van der Waals surface area contributed by atoms with Crippen LogP contribution in [-0.4, -0.2) is 48.3 Å². The molecule has 3 rings (SSSR count). The van der Waals surface area contributed by atoms with Gasteiger partial charge in [0.05, 0.1) is 5.60 Å². The summed E-state index contributed by atoms with van der Waals surface area (Å²) in [5, 5.41) is 14.4. The van der Waals surface area contributed by atoms with E-state index in [1.54, 1.807) is 0 Å². The fraction of sp³-hybridized carbons (Fsp3) is 1.00. The first-order valence-electron chi connectivity index (χ1n) is 9.07. The minimum Gasteiger partial charge on any atom is -0.390 e. The van der Waals surface area contributed by atoms with Gasteiger partial charge in [-0.3, -0.25) is 0 Å². The van der Waals surface area contributed by atoms with Gasteiger partial charge in [-0.15, -0.1) is 0 Å². The van der Waals surface area contributed by atoms with Crippen molar-refractivity contribution < 1.29 is 5.11 Å². The van der Waals surface area contributed by atoms with Crippen molar-refractivity contribution in [3.8, 4) is 0 Å². The van der Waals surface area contributed by atoms with Crippen molar-refractivity contribution in [2.45, 2.75) is 70.4 Å². The van der Waals surface area contributed by atoms with Crippen molar-refractivity contribution in [1.29, 1.82) is 0 Å². The zero-order chi connectivity index (χ0) is 15.1. The second kappa shape index (κ2) is 5.82. The van der Waals surface area contributed by atoms with E-state index in [0.717, 1.165) is 31.8 Å². The third-order valence-corrected chi connectivity index (χ3v) is 6.79. The van der Waals surface area contributed by atoms with Gasteiger partial charge in [-0.2, -0.15) is 0 Å². The predicted octanol–water partition coefficient (Wildman–Crippen LogP) is 2.64. The molecule has 0 aromatic heterocycles. The highest BCUT2D eigenvalue weighted by atomic mass is 16.3. The minimum absolute atomic E-state index is 0.327. The molecular weight excluding hydrogens is 260 g/mol. The molecule has 2 saturated carbocycles. The van der Waals surface area contributed by atoms with E-state index in [1.807, 2.05) is 0 Å². The Morgan fingerprint density at radius 3 is 2.71 bits per heavy atom. The molecule has 1 heterocycles. The average Bonchev–Trinajstić information content (AvgIpc) is 2.73. The Kier molecular flexibility index (Phi) is 4.37. The van der Waals surface area contributed by atoms with E-state index in [2.05, 4.69) is 31.1 Å². The molecule has 3 fully saturated rings. The van der Waals surface area contributed by atoms with Gasteiger partial charge in [-0.25, -0.2) is 0 Å². The number of nitrogens with zero attached hydrogens (tertiary/aromatic N) is 1.